The molecule has 104 valence electrons. The van der Waals surface area contributed by atoms with E-state index in [1.165, 1.54) is 0 Å². The SMILES string of the molecule is CC(C)N1CCCC(C(=O)O)(N2CCCC2)CC1. The highest BCUT2D eigenvalue weighted by molar-refractivity contribution is 5.79. The summed E-state index contributed by atoms with van der Waals surface area (Å²) in [6, 6.07) is 0.521. The van der Waals surface area contributed by atoms with Crippen LogP contribution in [0.5, 0.6) is 0 Å². The van der Waals surface area contributed by atoms with Crippen LogP contribution in [-0.4, -0.2) is 58.6 Å². The van der Waals surface area contributed by atoms with E-state index < -0.39 is 11.5 Å². The zero-order valence-corrected chi connectivity index (χ0v) is 11.7. The van der Waals surface area contributed by atoms with Gasteiger partial charge in [-0.05, 0) is 65.6 Å². The molecule has 2 aliphatic rings. The highest BCUT2D eigenvalue weighted by Crippen LogP contribution is 2.32. The van der Waals surface area contributed by atoms with E-state index in [0.29, 0.717) is 6.04 Å². The molecular weight excluding hydrogens is 228 g/mol. The normalized spacial score (nSPS) is 31.7. The standard InChI is InChI=1S/C14H26N2O2/c1-12(2)15-8-5-6-14(7-11-15,13(17)18)16-9-3-4-10-16/h12H,3-11H2,1-2H3,(H,17,18). The zero-order chi connectivity index (χ0) is 13.2. The summed E-state index contributed by atoms with van der Waals surface area (Å²) >= 11 is 0. The van der Waals surface area contributed by atoms with Crippen molar-refractivity contribution >= 4 is 5.97 Å². The van der Waals surface area contributed by atoms with Crippen molar-refractivity contribution in [3.8, 4) is 0 Å². The van der Waals surface area contributed by atoms with E-state index >= 15 is 0 Å². The highest BCUT2D eigenvalue weighted by atomic mass is 16.4. The Morgan fingerprint density at radius 1 is 1.06 bits per heavy atom. The van der Waals surface area contributed by atoms with Crippen LogP contribution in [0.1, 0.15) is 46.0 Å². The second-order valence-corrected chi connectivity index (χ2v) is 6.01. The smallest absolute Gasteiger partial charge is 0.324 e. The number of aliphatic carboxylic acids is 1. The number of carbonyl (C=O) groups is 1. The lowest BCUT2D eigenvalue weighted by Crippen LogP contribution is -2.54. The number of carboxylic acid groups (broad SMARTS) is 1. The number of rotatable bonds is 3. The van der Waals surface area contributed by atoms with Gasteiger partial charge in [0.15, 0.2) is 0 Å². The first-order valence-corrected chi connectivity index (χ1v) is 7.29. The van der Waals surface area contributed by atoms with Crippen LogP contribution >= 0.6 is 0 Å². The second kappa shape index (κ2) is 5.57. The van der Waals surface area contributed by atoms with Crippen LogP contribution in [0.3, 0.4) is 0 Å². The monoisotopic (exact) mass is 254 g/mol. The second-order valence-electron chi connectivity index (χ2n) is 6.01. The lowest BCUT2D eigenvalue weighted by Gasteiger charge is -2.37. The van der Waals surface area contributed by atoms with Crippen molar-refractivity contribution in [2.24, 2.45) is 0 Å². The zero-order valence-electron chi connectivity index (χ0n) is 11.7. The van der Waals surface area contributed by atoms with Gasteiger partial charge in [-0.2, -0.15) is 0 Å². The number of hydrogen-bond donors (Lipinski definition) is 1. The van der Waals surface area contributed by atoms with Crippen LogP contribution in [0.25, 0.3) is 0 Å². The Hall–Kier alpha value is -0.610. The summed E-state index contributed by atoms with van der Waals surface area (Å²) < 4.78 is 0. The molecule has 0 aromatic carbocycles. The van der Waals surface area contributed by atoms with E-state index in [0.717, 1.165) is 58.3 Å². The summed E-state index contributed by atoms with van der Waals surface area (Å²) in [6.07, 6.45) is 4.90. The first-order chi connectivity index (χ1) is 8.56. The van der Waals surface area contributed by atoms with Crippen LogP contribution < -0.4 is 0 Å². The maximum absolute atomic E-state index is 11.8. The predicted octanol–water partition coefficient (Wildman–Crippen LogP) is 1.80. The average Bonchev–Trinajstić information content (AvgIpc) is 2.74. The van der Waals surface area contributed by atoms with Gasteiger partial charge in [0.1, 0.15) is 5.54 Å². The fourth-order valence-corrected chi connectivity index (χ4v) is 3.47. The Labute approximate surface area is 110 Å². The first kappa shape index (κ1) is 13.8. The van der Waals surface area contributed by atoms with Crippen molar-refractivity contribution in [2.45, 2.75) is 57.5 Å². The summed E-state index contributed by atoms with van der Waals surface area (Å²) in [5.41, 5.74) is -0.583. The molecule has 1 unspecified atom stereocenters. The van der Waals surface area contributed by atoms with Gasteiger partial charge in [-0.15, -0.1) is 0 Å². The molecule has 0 bridgehead atoms. The Bertz CT molecular complexity index is 300. The number of nitrogens with zero attached hydrogens (tertiary/aromatic N) is 2. The molecule has 2 aliphatic heterocycles. The molecule has 0 aromatic rings. The van der Waals surface area contributed by atoms with Crippen molar-refractivity contribution in [1.29, 1.82) is 0 Å². The Kier molecular flexibility index (Phi) is 4.28. The number of likely N-dealkylation sites (tertiary alicyclic amines) is 2. The van der Waals surface area contributed by atoms with Crippen LogP contribution in [0, 0.1) is 0 Å². The third-order valence-electron chi connectivity index (χ3n) is 4.69. The van der Waals surface area contributed by atoms with Crippen molar-refractivity contribution in [3.63, 3.8) is 0 Å². The van der Waals surface area contributed by atoms with E-state index in [1.54, 1.807) is 0 Å². The third-order valence-corrected chi connectivity index (χ3v) is 4.69. The van der Waals surface area contributed by atoms with Crippen LogP contribution in [0.4, 0.5) is 0 Å². The van der Waals surface area contributed by atoms with E-state index in [2.05, 4.69) is 23.6 Å². The van der Waals surface area contributed by atoms with Gasteiger partial charge in [-0.25, -0.2) is 0 Å². The van der Waals surface area contributed by atoms with E-state index in [9.17, 15) is 9.90 Å². The lowest BCUT2D eigenvalue weighted by molar-refractivity contribution is -0.152. The van der Waals surface area contributed by atoms with Crippen molar-refractivity contribution in [1.82, 2.24) is 9.80 Å². The fraction of sp³-hybridized carbons (Fsp3) is 0.929. The Balaban J connectivity index is 2.13. The maximum atomic E-state index is 11.8. The summed E-state index contributed by atoms with van der Waals surface area (Å²) in [5.74, 6) is -0.602. The first-order valence-electron chi connectivity index (χ1n) is 7.29. The molecule has 2 saturated heterocycles. The largest absolute Gasteiger partial charge is 0.480 e. The van der Waals surface area contributed by atoms with Crippen LogP contribution in [0.15, 0.2) is 0 Å². The third kappa shape index (κ3) is 2.54. The lowest BCUT2D eigenvalue weighted by atomic mass is 9.89. The van der Waals surface area contributed by atoms with Crippen molar-refractivity contribution in [2.75, 3.05) is 26.2 Å². The maximum Gasteiger partial charge on any atom is 0.324 e. The fourth-order valence-electron chi connectivity index (χ4n) is 3.47. The summed E-state index contributed by atoms with van der Waals surface area (Å²) in [7, 11) is 0. The van der Waals surface area contributed by atoms with Gasteiger partial charge in [-0.1, -0.05) is 0 Å². The molecule has 1 atom stereocenters. The number of hydrogen-bond acceptors (Lipinski definition) is 3. The van der Waals surface area contributed by atoms with E-state index in [-0.39, 0.29) is 0 Å². The predicted molar refractivity (Wildman–Crippen MR) is 71.7 cm³/mol. The Morgan fingerprint density at radius 3 is 2.28 bits per heavy atom. The molecule has 2 rings (SSSR count). The van der Waals surface area contributed by atoms with Crippen LogP contribution in [0.2, 0.25) is 0 Å². The molecule has 0 aliphatic carbocycles. The molecule has 18 heavy (non-hydrogen) atoms. The van der Waals surface area contributed by atoms with Gasteiger partial charge < -0.3 is 10.0 Å². The summed E-state index contributed by atoms with van der Waals surface area (Å²) in [6.45, 7) is 8.29. The molecule has 2 heterocycles. The summed E-state index contributed by atoms with van der Waals surface area (Å²) in [4.78, 5) is 16.5. The molecule has 4 heteroatoms. The van der Waals surface area contributed by atoms with Gasteiger partial charge in [0.05, 0.1) is 0 Å². The number of carboxylic acids is 1. The van der Waals surface area contributed by atoms with Crippen molar-refractivity contribution in [3.05, 3.63) is 0 Å². The van der Waals surface area contributed by atoms with Gasteiger partial charge >= 0.3 is 5.97 Å². The average molecular weight is 254 g/mol. The molecule has 1 N–H and O–H groups in total. The molecule has 0 aromatic heterocycles. The quantitative estimate of drug-likeness (QED) is 0.834. The van der Waals surface area contributed by atoms with Gasteiger partial charge in [0.25, 0.3) is 0 Å². The highest BCUT2D eigenvalue weighted by Gasteiger charge is 2.45. The molecule has 2 fully saturated rings. The van der Waals surface area contributed by atoms with E-state index in [4.69, 9.17) is 0 Å². The minimum atomic E-state index is -0.602. The summed E-state index contributed by atoms with van der Waals surface area (Å²) in [5, 5.41) is 9.74. The van der Waals surface area contributed by atoms with Gasteiger partial charge in [0, 0.05) is 12.6 Å². The topological polar surface area (TPSA) is 43.8 Å². The molecular formula is C14H26N2O2. The molecule has 0 spiro atoms. The van der Waals surface area contributed by atoms with Crippen molar-refractivity contribution < 1.29 is 9.90 Å². The molecule has 0 amide bonds. The Morgan fingerprint density at radius 2 is 1.72 bits per heavy atom. The minimum absolute atomic E-state index is 0.521. The molecule has 0 radical (unpaired) electrons. The van der Waals surface area contributed by atoms with Crippen LogP contribution in [-0.2, 0) is 4.79 Å². The molecule has 0 saturated carbocycles. The van der Waals surface area contributed by atoms with Gasteiger partial charge in [-0.3, -0.25) is 9.69 Å². The van der Waals surface area contributed by atoms with Gasteiger partial charge in [0.2, 0.25) is 0 Å². The minimum Gasteiger partial charge on any atom is -0.480 e. The molecule has 4 nitrogen and oxygen atoms in total. The van der Waals surface area contributed by atoms with E-state index in [1.807, 2.05) is 0 Å².